The molecule has 2 saturated carbocycles. The van der Waals surface area contributed by atoms with Crippen LogP contribution in [0.3, 0.4) is 0 Å². The molecule has 0 amide bonds. The Balaban J connectivity index is 1.37. The molecule has 0 radical (unpaired) electrons. The Morgan fingerprint density at radius 2 is 0.950 bits per heavy atom. The van der Waals surface area contributed by atoms with Crippen molar-refractivity contribution in [1.82, 2.24) is 0 Å². The highest BCUT2D eigenvalue weighted by Crippen LogP contribution is 2.46. The van der Waals surface area contributed by atoms with Crippen molar-refractivity contribution in [2.24, 2.45) is 11.8 Å². The molecule has 0 saturated heterocycles. The van der Waals surface area contributed by atoms with Gasteiger partial charge in [-0.3, -0.25) is 0 Å². The van der Waals surface area contributed by atoms with E-state index in [0.29, 0.717) is 25.7 Å². The van der Waals surface area contributed by atoms with Crippen molar-refractivity contribution in [3.63, 3.8) is 0 Å². The molecule has 0 bridgehead atoms. The van der Waals surface area contributed by atoms with Crippen LogP contribution in [0.2, 0.25) is 0 Å². The average molecular weight is 294 g/mol. The molecule has 2 fully saturated rings. The summed E-state index contributed by atoms with van der Waals surface area (Å²) in [5.41, 5.74) is 0. The Morgan fingerprint density at radius 1 is 0.600 bits per heavy atom. The van der Waals surface area contributed by atoms with E-state index in [-0.39, 0.29) is 24.7 Å². The second kappa shape index (κ2) is 6.65. The molecule has 2 aliphatic rings. The number of rotatable bonds is 9. The van der Waals surface area contributed by atoms with E-state index >= 15 is 0 Å². The van der Waals surface area contributed by atoms with Gasteiger partial charge in [0, 0.05) is 24.7 Å². The van der Waals surface area contributed by atoms with Gasteiger partial charge in [-0.05, 0) is 25.7 Å². The molecule has 2 unspecified atom stereocenters. The van der Waals surface area contributed by atoms with Crippen LogP contribution in [0.25, 0.3) is 0 Å². The Kier molecular flexibility index (Phi) is 5.36. The molecule has 0 aliphatic heterocycles. The van der Waals surface area contributed by atoms with Crippen molar-refractivity contribution in [2.45, 2.75) is 88.9 Å². The zero-order valence-electron chi connectivity index (χ0n) is 12.2. The summed E-state index contributed by atoms with van der Waals surface area (Å²) in [6.45, 7) is 0. The van der Waals surface area contributed by atoms with Crippen LogP contribution >= 0.6 is 0 Å². The van der Waals surface area contributed by atoms with Gasteiger partial charge >= 0.3 is 0 Å². The molecule has 4 heteroatoms. The molecule has 0 nitrogen and oxygen atoms in total. The van der Waals surface area contributed by atoms with E-state index in [1.807, 2.05) is 0 Å². The number of hydrogen-bond acceptors (Lipinski definition) is 0. The topological polar surface area (TPSA) is 0 Å². The van der Waals surface area contributed by atoms with Gasteiger partial charge in [-0.25, -0.2) is 17.6 Å². The van der Waals surface area contributed by atoms with Crippen LogP contribution in [0.4, 0.5) is 17.6 Å². The normalized spacial score (nSPS) is 30.6. The summed E-state index contributed by atoms with van der Waals surface area (Å²) in [6, 6.07) is 0. The van der Waals surface area contributed by atoms with Gasteiger partial charge < -0.3 is 0 Å². The minimum Gasteiger partial charge on any atom is -0.207 e. The maximum Gasteiger partial charge on any atom is 0.250 e. The Hall–Kier alpha value is -0.280. The van der Waals surface area contributed by atoms with E-state index in [2.05, 4.69) is 0 Å². The summed E-state index contributed by atoms with van der Waals surface area (Å²) in [6.07, 6.45) is 8.72. The van der Waals surface area contributed by atoms with Crippen LogP contribution in [-0.4, -0.2) is 11.8 Å². The number of hydrogen-bond donors (Lipinski definition) is 0. The maximum atomic E-state index is 13.0. The molecule has 118 valence electrons. The van der Waals surface area contributed by atoms with E-state index in [1.165, 1.54) is 0 Å². The first-order chi connectivity index (χ1) is 9.42. The SMILES string of the molecule is FC1(F)CCC1CCCCCCCCC1CCC1(F)F. The average Bonchev–Trinajstić information content (AvgIpc) is 2.38. The van der Waals surface area contributed by atoms with Gasteiger partial charge in [0.15, 0.2) is 0 Å². The first-order valence-electron chi connectivity index (χ1n) is 8.17. The summed E-state index contributed by atoms with van der Waals surface area (Å²) in [4.78, 5) is 0. The van der Waals surface area contributed by atoms with Crippen LogP contribution in [-0.2, 0) is 0 Å². The minimum atomic E-state index is -2.39. The van der Waals surface area contributed by atoms with Gasteiger partial charge in [0.05, 0.1) is 0 Å². The zero-order chi connectivity index (χ0) is 14.6. The summed E-state index contributed by atoms with van der Waals surface area (Å²) in [5, 5.41) is 0. The third-order valence-corrected chi connectivity index (χ3v) is 5.20. The molecule has 0 aromatic rings. The fraction of sp³-hybridized carbons (Fsp3) is 1.00. The number of alkyl halides is 4. The lowest BCUT2D eigenvalue weighted by molar-refractivity contribution is -0.135. The molecular weight excluding hydrogens is 268 g/mol. The molecule has 0 heterocycles. The van der Waals surface area contributed by atoms with Crippen molar-refractivity contribution >= 4 is 0 Å². The Bertz CT molecular complexity index is 271. The highest BCUT2D eigenvalue weighted by molar-refractivity contribution is 4.88. The fourth-order valence-electron chi connectivity index (χ4n) is 3.33. The van der Waals surface area contributed by atoms with Crippen molar-refractivity contribution in [2.75, 3.05) is 0 Å². The third kappa shape index (κ3) is 4.11. The van der Waals surface area contributed by atoms with Crippen LogP contribution in [0, 0.1) is 11.8 Å². The number of halogens is 4. The smallest absolute Gasteiger partial charge is 0.207 e. The van der Waals surface area contributed by atoms with E-state index in [4.69, 9.17) is 0 Å². The molecule has 2 atom stereocenters. The first kappa shape index (κ1) is 16.1. The predicted octanol–water partition coefficient (Wildman–Crippen LogP) is 6.20. The Labute approximate surface area is 119 Å². The molecule has 0 aromatic carbocycles. The van der Waals surface area contributed by atoms with Gasteiger partial charge in [-0.15, -0.1) is 0 Å². The molecular formula is C16H26F4. The van der Waals surface area contributed by atoms with E-state index < -0.39 is 11.8 Å². The summed E-state index contributed by atoms with van der Waals surface area (Å²) in [7, 11) is 0. The molecule has 0 spiro atoms. The summed E-state index contributed by atoms with van der Waals surface area (Å²) < 4.78 is 52.0. The third-order valence-electron chi connectivity index (χ3n) is 5.20. The zero-order valence-corrected chi connectivity index (χ0v) is 12.2. The van der Waals surface area contributed by atoms with Gasteiger partial charge in [0.1, 0.15) is 0 Å². The second-order valence-electron chi connectivity index (χ2n) is 6.69. The Morgan fingerprint density at radius 3 is 1.20 bits per heavy atom. The lowest BCUT2D eigenvalue weighted by atomic mass is 9.77. The lowest BCUT2D eigenvalue weighted by Gasteiger charge is -2.36. The van der Waals surface area contributed by atoms with Crippen molar-refractivity contribution in [3.05, 3.63) is 0 Å². The van der Waals surface area contributed by atoms with Crippen molar-refractivity contribution < 1.29 is 17.6 Å². The van der Waals surface area contributed by atoms with E-state index in [0.717, 1.165) is 38.5 Å². The largest absolute Gasteiger partial charge is 0.250 e. The predicted molar refractivity (Wildman–Crippen MR) is 72.3 cm³/mol. The molecule has 2 aliphatic carbocycles. The first-order valence-corrected chi connectivity index (χ1v) is 8.17. The van der Waals surface area contributed by atoms with E-state index in [9.17, 15) is 17.6 Å². The molecule has 20 heavy (non-hydrogen) atoms. The summed E-state index contributed by atoms with van der Waals surface area (Å²) in [5.74, 6) is -5.53. The van der Waals surface area contributed by atoms with Crippen LogP contribution in [0.1, 0.15) is 77.0 Å². The van der Waals surface area contributed by atoms with Gasteiger partial charge in [-0.2, -0.15) is 0 Å². The van der Waals surface area contributed by atoms with E-state index in [1.54, 1.807) is 0 Å². The van der Waals surface area contributed by atoms with Crippen LogP contribution in [0.5, 0.6) is 0 Å². The van der Waals surface area contributed by atoms with Crippen LogP contribution < -0.4 is 0 Å². The van der Waals surface area contributed by atoms with Crippen molar-refractivity contribution in [3.8, 4) is 0 Å². The standard InChI is InChI=1S/C16H26F4/c17-15(18)11-9-13(15)7-5-3-1-2-4-6-8-14-10-12-16(14,19)20/h13-14H,1-12H2. The van der Waals surface area contributed by atoms with Gasteiger partial charge in [-0.1, -0.05) is 38.5 Å². The highest BCUT2D eigenvalue weighted by atomic mass is 19.3. The maximum absolute atomic E-state index is 13.0. The molecule has 0 N–H and O–H groups in total. The monoisotopic (exact) mass is 294 g/mol. The van der Waals surface area contributed by atoms with Gasteiger partial charge in [0.2, 0.25) is 0 Å². The summed E-state index contributed by atoms with van der Waals surface area (Å²) >= 11 is 0. The number of unbranched alkanes of at least 4 members (excludes halogenated alkanes) is 5. The fourth-order valence-corrected chi connectivity index (χ4v) is 3.33. The highest BCUT2D eigenvalue weighted by Gasteiger charge is 2.47. The van der Waals surface area contributed by atoms with Crippen LogP contribution in [0.15, 0.2) is 0 Å². The molecule has 2 rings (SSSR count). The molecule has 0 aromatic heterocycles. The second-order valence-corrected chi connectivity index (χ2v) is 6.69. The lowest BCUT2D eigenvalue weighted by Crippen LogP contribution is -2.38. The quantitative estimate of drug-likeness (QED) is 0.351. The van der Waals surface area contributed by atoms with Crippen molar-refractivity contribution in [1.29, 1.82) is 0 Å². The van der Waals surface area contributed by atoms with Gasteiger partial charge in [0.25, 0.3) is 11.8 Å². The minimum absolute atomic E-state index is 0.0729.